The first-order valence-corrected chi connectivity index (χ1v) is 10.6. The molecule has 3 rings (SSSR count). The fourth-order valence-corrected chi connectivity index (χ4v) is 4.06. The van der Waals surface area contributed by atoms with Crippen LogP contribution in [0.4, 0.5) is 0 Å². The zero-order valence-electron chi connectivity index (χ0n) is 18.9. The van der Waals surface area contributed by atoms with Crippen LogP contribution in [0.1, 0.15) is 41.6 Å². The van der Waals surface area contributed by atoms with Gasteiger partial charge in [0.15, 0.2) is 0 Å². The van der Waals surface area contributed by atoms with Crippen LogP contribution in [-0.4, -0.2) is 35.8 Å². The van der Waals surface area contributed by atoms with Gasteiger partial charge in [-0.2, -0.15) is 5.26 Å². The molecule has 6 heteroatoms. The van der Waals surface area contributed by atoms with Crippen molar-refractivity contribution < 1.29 is 14.6 Å². The lowest BCUT2D eigenvalue weighted by Crippen LogP contribution is -2.29. The van der Waals surface area contributed by atoms with Crippen LogP contribution < -0.4 is 5.32 Å². The van der Waals surface area contributed by atoms with Crippen LogP contribution in [-0.2, 0) is 9.53 Å². The van der Waals surface area contributed by atoms with Gasteiger partial charge < -0.3 is 19.7 Å². The summed E-state index contributed by atoms with van der Waals surface area (Å²) in [6.07, 6.45) is 0.722. The van der Waals surface area contributed by atoms with E-state index in [-0.39, 0.29) is 18.2 Å². The van der Waals surface area contributed by atoms with Gasteiger partial charge in [-0.25, -0.2) is 0 Å². The van der Waals surface area contributed by atoms with E-state index in [2.05, 4.69) is 16.8 Å². The van der Waals surface area contributed by atoms with Crippen molar-refractivity contribution in [1.29, 1.82) is 5.26 Å². The zero-order chi connectivity index (χ0) is 23.3. The summed E-state index contributed by atoms with van der Waals surface area (Å²) < 4.78 is 7.39. The molecule has 0 fully saturated rings. The van der Waals surface area contributed by atoms with Crippen LogP contribution in [0.25, 0.3) is 16.8 Å². The molecular weight excluding hydrogens is 402 g/mol. The van der Waals surface area contributed by atoms with Gasteiger partial charge in [0, 0.05) is 25.0 Å². The highest BCUT2D eigenvalue weighted by molar-refractivity contribution is 6.01. The van der Waals surface area contributed by atoms with E-state index >= 15 is 0 Å². The van der Waals surface area contributed by atoms with Crippen molar-refractivity contribution in [1.82, 2.24) is 9.88 Å². The minimum Gasteiger partial charge on any atom is -0.387 e. The van der Waals surface area contributed by atoms with Crippen LogP contribution in [0.5, 0.6) is 0 Å². The Morgan fingerprint density at radius 2 is 1.94 bits per heavy atom. The first kappa shape index (κ1) is 23.3. The first-order chi connectivity index (χ1) is 15.3. The summed E-state index contributed by atoms with van der Waals surface area (Å²) in [6.45, 7) is 6.59. The third kappa shape index (κ3) is 5.08. The topological polar surface area (TPSA) is 87.3 Å². The van der Waals surface area contributed by atoms with Gasteiger partial charge in [0.2, 0.25) is 0 Å². The fourth-order valence-electron chi connectivity index (χ4n) is 4.06. The number of ether oxygens (including phenoxy) is 1. The lowest BCUT2D eigenvalue weighted by atomic mass is 10.0. The number of carbonyl (C=O) groups excluding carboxylic acids is 1. The Labute approximate surface area is 188 Å². The highest BCUT2D eigenvalue weighted by atomic mass is 16.5. The molecule has 2 N–H and O–H groups in total. The van der Waals surface area contributed by atoms with Crippen molar-refractivity contribution in [3.05, 3.63) is 76.6 Å². The monoisotopic (exact) mass is 431 g/mol. The van der Waals surface area contributed by atoms with Gasteiger partial charge in [0.05, 0.1) is 18.8 Å². The Morgan fingerprint density at radius 1 is 1.22 bits per heavy atom. The molecule has 2 aromatic carbocycles. The molecule has 0 bridgehead atoms. The number of nitriles is 1. The van der Waals surface area contributed by atoms with Crippen molar-refractivity contribution in [2.75, 3.05) is 20.3 Å². The third-order valence-electron chi connectivity index (χ3n) is 5.65. The number of hydrogen-bond donors (Lipinski definition) is 2. The summed E-state index contributed by atoms with van der Waals surface area (Å²) in [6, 6.07) is 17.6. The van der Waals surface area contributed by atoms with Gasteiger partial charge in [-0.3, -0.25) is 4.79 Å². The van der Waals surface area contributed by atoms with Gasteiger partial charge in [-0.15, -0.1) is 0 Å². The van der Waals surface area contributed by atoms with E-state index in [1.807, 2.05) is 68.4 Å². The number of aryl methyl sites for hydroxylation is 1. The smallest absolute Gasteiger partial charge is 0.262 e. The maximum absolute atomic E-state index is 12.6. The number of methoxy groups -OCH3 is 1. The molecule has 2 atom stereocenters. The Hall–Kier alpha value is -3.40. The molecule has 0 saturated carbocycles. The summed E-state index contributed by atoms with van der Waals surface area (Å²) in [4.78, 5) is 12.6. The Bertz CT molecular complexity index is 1190. The average Bonchev–Trinajstić information content (AvgIpc) is 3.07. The predicted molar refractivity (Wildman–Crippen MR) is 126 cm³/mol. The van der Waals surface area contributed by atoms with Gasteiger partial charge >= 0.3 is 0 Å². The van der Waals surface area contributed by atoms with Crippen LogP contribution in [0.15, 0.2) is 54.1 Å². The van der Waals surface area contributed by atoms with Crippen LogP contribution in [0.3, 0.4) is 0 Å². The van der Waals surface area contributed by atoms with Crippen molar-refractivity contribution in [2.24, 2.45) is 0 Å². The van der Waals surface area contributed by atoms with Crippen LogP contribution in [0.2, 0.25) is 0 Å². The Kier molecular flexibility index (Phi) is 7.47. The molecule has 2 unspecified atom stereocenters. The highest BCUT2D eigenvalue weighted by Gasteiger charge is 2.17. The molecule has 1 heterocycles. The predicted octanol–water partition coefficient (Wildman–Crippen LogP) is 4.22. The number of nitrogens with one attached hydrogen (secondary N) is 1. The normalized spacial score (nSPS) is 13.6. The first-order valence-electron chi connectivity index (χ1n) is 10.6. The maximum atomic E-state index is 12.6. The second kappa shape index (κ2) is 10.3. The number of fused-ring (bicyclic) bond motifs is 1. The number of hydrogen-bond acceptors (Lipinski definition) is 4. The molecule has 0 aliphatic rings. The number of aliphatic hydroxyl groups is 1. The van der Waals surface area contributed by atoms with Gasteiger partial charge in [-0.05, 0) is 60.9 Å². The second-order valence-electron chi connectivity index (χ2n) is 8.00. The molecule has 1 aromatic heterocycles. The minimum atomic E-state index is -0.872. The van der Waals surface area contributed by atoms with E-state index in [1.165, 1.54) is 0 Å². The van der Waals surface area contributed by atoms with Crippen molar-refractivity contribution >= 4 is 22.8 Å². The molecule has 1 amide bonds. The molecule has 166 valence electrons. The van der Waals surface area contributed by atoms with Crippen molar-refractivity contribution in [3.63, 3.8) is 0 Å². The Morgan fingerprint density at radius 3 is 2.62 bits per heavy atom. The Balaban J connectivity index is 1.72. The largest absolute Gasteiger partial charge is 0.387 e. The SMILES string of the molecule is COCC(C)n1c(C)cc(/C=C(/C#N)C(=O)NCC(O)c2ccc3ccccc3c2)c1C. The number of rotatable bonds is 8. The summed E-state index contributed by atoms with van der Waals surface area (Å²) in [5, 5.41) is 24.9. The molecule has 0 aliphatic carbocycles. The van der Waals surface area contributed by atoms with Gasteiger partial charge in [0.25, 0.3) is 5.91 Å². The quantitative estimate of drug-likeness (QED) is 0.413. The van der Waals surface area contributed by atoms with Crippen molar-refractivity contribution in [3.8, 4) is 6.07 Å². The number of nitrogens with zero attached hydrogens (tertiary/aromatic N) is 2. The lowest BCUT2D eigenvalue weighted by molar-refractivity contribution is -0.117. The second-order valence-corrected chi connectivity index (χ2v) is 8.00. The molecule has 0 spiro atoms. The molecule has 32 heavy (non-hydrogen) atoms. The standard InChI is InChI=1S/C26H29N3O3/c1-17-11-23(19(3)29(17)18(2)16-32-4)13-24(14-27)26(31)28-15-25(30)22-10-9-20-7-5-6-8-21(20)12-22/h5-13,18,25,30H,15-16H2,1-4H3,(H,28,31)/b24-13-. The van der Waals surface area contributed by atoms with Crippen LogP contribution in [0, 0.1) is 25.2 Å². The zero-order valence-corrected chi connectivity index (χ0v) is 18.9. The van der Waals surface area contributed by atoms with E-state index in [0.29, 0.717) is 12.2 Å². The van der Waals surface area contributed by atoms with Gasteiger partial charge in [0.1, 0.15) is 11.6 Å². The fraction of sp³-hybridized carbons (Fsp3) is 0.308. The molecule has 0 radical (unpaired) electrons. The van der Waals surface area contributed by atoms with E-state index in [1.54, 1.807) is 13.2 Å². The molecule has 6 nitrogen and oxygen atoms in total. The van der Waals surface area contributed by atoms with Crippen LogP contribution >= 0.6 is 0 Å². The molecule has 0 aliphatic heterocycles. The van der Waals surface area contributed by atoms with Gasteiger partial charge in [-0.1, -0.05) is 36.4 Å². The highest BCUT2D eigenvalue weighted by Crippen LogP contribution is 2.23. The molecule has 3 aromatic rings. The van der Waals surface area contributed by atoms with E-state index in [0.717, 1.165) is 27.7 Å². The molecule has 0 saturated heterocycles. The van der Waals surface area contributed by atoms with E-state index in [9.17, 15) is 15.2 Å². The lowest BCUT2D eigenvalue weighted by Gasteiger charge is -2.17. The summed E-state index contributed by atoms with van der Waals surface area (Å²) in [5.74, 6) is -0.512. The molecular formula is C26H29N3O3. The third-order valence-corrected chi connectivity index (χ3v) is 5.65. The number of amides is 1. The number of benzene rings is 2. The summed E-state index contributed by atoms with van der Waals surface area (Å²) in [7, 11) is 1.66. The number of aliphatic hydroxyl groups excluding tert-OH is 1. The average molecular weight is 432 g/mol. The van der Waals surface area contributed by atoms with E-state index < -0.39 is 12.0 Å². The summed E-state index contributed by atoms with van der Waals surface area (Å²) in [5.41, 5.74) is 3.51. The number of aromatic nitrogens is 1. The van der Waals surface area contributed by atoms with E-state index in [4.69, 9.17) is 4.74 Å². The minimum absolute atomic E-state index is 0.00430. The van der Waals surface area contributed by atoms with Crippen molar-refractivity contribution in [2.45, 2.75) is 32.9 Å². The maximum Gasteiger partial charge on any atom is 0.262 e. The number of carbonyl (C=O) groups is 1. The summed E-state index contributed by atoms with van der Waals surface area (Å²) >= 11 is 0.